The van der Waals surface area contributed by atoms with Crippen molar-refractivity contribution >= 4 is 34.8 Å². The van der Waals surface area contributed by atoms with E-state index in [0.717, 1.165) is 0 Å². The van der Waals surface area contributed by atoms with Gasteiger partial charge in [0.15, 0.2) is 0 Å². The highest BCUT2D eigenvalue weighted by molar-refractivity contribution is 6.66. The highest BCUT2D eigenvalue weighted by atomic mass is 35.6. The van der Waals surface area contributed by atoms with Crippen molar-refractivity contribution in [3.05, 3.63) is 5.82 Å². The highest BCUT2D eigenvalue weighted by Crippen LogP contribution is 2.34. The molecule has 4 nitrogen and oxygen atoms in total. The van der Waals surface area contributed by atoms with Crippen molar-refractivity contribution in [2.45, 2.75) is 17.3 Å². The van der Waals surface area contributed by atoms with Gasteiger partial charge in [0, 0.05) is 0 Å². The Bertz CT molecular complexity index is 240. The highest BCUT2D eigenvalue weighted by Gasteiger charge is 2.28. The summed E-state index contributed by atoms with van der Waals surface area (Å²) in [6.45, 7) is 2.47. The van der Waals surface area contributed by atoms with Gasteiger partial charge in [0.2, 0.25) is 5.82 Å². The minimum Gasteiger partial charge on any atom is -0.164 e. The summed E-state index contributed by atoms with van der Waals surface area (Å²) in [5.41, 5.74) is 0. The topological polar surface area (TPSA) is 43.6 Å². The van der Waals surface area contributed by atoms with Gasteiger partial charge in [-0.05, 0) is 12.1 Å². The predicted molar refractivity (Wildman–Crippen MR) is 42.7 cm³/mol. The quantitative estimate of drug-likeness (QED) is 0.667. The third-order valence-electron chi connectivity index (χ3n) is 0.989. The lowest BCUT2D eigenvalue weighted by Crippen LogP contribution is -2.04. The molecule has 7 heteroatoms. The summed E-state index contributed by atoms with van der Waals surface area (Å²) in [7, 11) is 0. The standard InChI is InChI=1S/C4H5Cl3N4/c1-2-11-9-3(8-10-11)4(5,6)7/h2H2,1H3. The average Bonchev–Trinajstić information content (AvgIpc) is 2.32. The Hall–Kier alpha value is -0.0600. The van der Waals surface area contributed by atoms with Crippen LogP contribution in [0.4, 0.5) is 0 Å². The van der Waals surface area contributed by atoms with Crippen LogP contribution >= 0.6 is 34.8 Å². The molecule has 0 bridgehead atoms. The number of hydrogen-bond donors (Lipinski definition) is 0. The number of aryl methyl sites for hydroxylation is 1. The maximum atomic E-state index is 5.48. The molecule has 1 aromatic rings. The lowest BCUT2D eigenvalue weighted by molar-refractivity contribution is 0.550. The van der Waals surface area contributed by atoms with E-state index in [1.807, 2.05) is 6.92 Å². The van der Waals surface area contributed by atoms with Crippen molar-refractivity contribution in [2.75, 3.05) is 0 Å². The summed E-state index contributed by atoms with van der Waals surface area (Å²) < 4.78 is -1.58. The van der Waals surface area contributed by atoms with Gasteiger partial charge in [-0.3, -0.25) is 0 Å². The van der Waals surface area contributed by atoms with E-state index in [1.165, 1.54) is 4.80 Å². The van der Waals surface area contributed by atoms with Gasteiger partial charge in [-0.15, -0.1) is 10.2 Å². The first-order chi connectivity index (χ1) is 5.04. The number of aromatic nitrogens is 4. The van der Waals surface area contributed by atoms with Crippen LogP contribution in [0.25, 0.3) is 0 Å². The van der Waals surface area contributed by atoms with E-state index in [0.29, 0.717) is 6.54 Å². The van der Waals surface area contributed by atoms with Crippen LogP contribution in [-0.4, -0.2) is 20.2 Å². The minimum absolute atomic E-state index is 0.101. The summed E-state index contributed by atoms with van der Waals surface area (Å²) in [6.07, 6.45) is 0. The van der Waals surface area contributed by atoms with Gasteiger partial charge >= 0.3 is 0 Å². The second kappa shape index (κ2) is 3.13. The van der Waals surface area contributed by atoms with Crippen LogP contribution in [0, 0.1) is 0 Å². The Kier molecular flexibility index (Phi) is 2.57. The Morgan fingerprint density at radius 2 is 2.09 bits per heavy atom. The molecule has 1 aromatic heterocycles. The molecule has 0 aliphatic rings. The largest absolute Gasteiger partial charge is 0.253 e. The Morgan fingerprint density at radius 1 is 1.45 bits per heavy atom. The summed E-state index contributed by atoms with van der Waals surface area (Å²) >= 11 is 16.4. The lowest BCUT2D eigenvalue weighted by atomic mass is 10.7. The average molecular weight is 215 g/mol. The smallest absolute Gasteiger partial charge is 0.164 e. The number of nitrogens with zero attached hydrogens (tertiary/aromatic N) is 4. The van der Waals surface area contributed by atoms with Crippen molar-refractivity contribution < 1.29 is 0 Å². The number of halogens is 3. The monoisotopic (exact) mass is 214 g/mol. The predicted octanol–water partition coefficient (Wildman–Crippen LogP) is 1.52. The van der Waals surface area contributed by atoms with Crippen molar-refractivity contribution in [1.82, 2.24) is 20.2 Å². The number of hydrogen-bond acceptors (Lipinski definition) is 3. The zero-order valence-corrected chi connectivity index (χ0v) is 7.90. The third-order valence-corrected chi connectivity index (χ3v) is 1.50. The molecule has 0 N–H and O–H groups in total. The van der Waals surface area contributed by atoms with E-state index >= 15 is 0 Å². The summed E-state index contributed by atoms with van der Waals surface area (Å²) in [5.74, 6) is 0.101. The molecule has 0 aliphatic heterocycles. The Labute approximate surface area is 78.4 Å². The molecular formula is C4H5Cl3N4. The first-order valence-electron chi connectivity index (χ1n) is 2.89. The molecule has 0 aliphatic carbocycles. The van der Waals surface area contributed by atoms with E-state index in [2.05, 4.69) is 15.4 Å². The van der Waals surface area contributed by atoms with E-state index in [4.69, 9.17) is 34.8 Å². The minimum atomic E-state index is -1.58. The molecule has 0 aromatic carbocycles. The number of alkyl halides is 3. The van der Waals surface area contributed by atoms with Crippen molar-refractivity contribution in [3.63, 3.8) is 0 Å². The normalized spacial score (nSPS) is 12.0. The van der Waals surface area contributed by atoms with Crippen molar-refractivity contribution in [3.8, 4) is 0 Å². The molecule has 1 rings (SSSR count). The zero-order valence-electron chi connectivity index (χ0n) is 5.63. The second-order valence-corrected chi connectivity index (χ2v) is 4.08. The second-order valence-electron chi connectivity index (χ2n) is 1.80. The van der Waals surface area contributed by atoms with E-state index in [1.54, 1.807) is 0 Å². The molecule has 0 amide bonds. The Balaban J connectivity index is 2.89. The van der Waals surface area contributed by atoms with Gasteiger partial charge in [-0.1, -0.05) is 34.8 Å². The molecule has 0 saturated heterocycles. The Morgan fingerprint density at radius 3 is 2.36 bits per heavy atom. The van der Waals surface area contributed by atoms with Crippen LogP contribution in [0.1, 0.15) is 12.7 Å². The molecule has 0 unspecified atom stereocenters. The van der Waals surface area contributed by atoms with Gasteiger partial charge in [-0.2, -0.15) is 4.80 Å². The molecular weight excluding hydrogens is 210 g/mol. The fourth-order valence-electron chi connectivity index (χ4n) is 0.491. The summed E-state index contributed by atoms with van der Waals surface area (Å²) in [5, 5.41) is 11.0. The van der Waals surface area contributed by atoms with Crippen LogP contribution in [0.3, 0.4) is 0 Å². The summed E-state index contributed by atoms with van der Waals surface area (Å²) in [6, 6.07) is 0. The maximum Gasteiger partial charge on any atom is 0.253 e. The molecule has 0 spiro atoms. The van der Waals surface area contributed by atoms with Gasteiger partial charge in [0.05, 0.1) is 6.54 Å². The maximum absolute atomic E-state index is 5.48. The van der Waals surface area contributed by atoms with Crippen LogP contribution in [0.2, 0.25) is 0 Å². The van der Waals surface area contributed by atoms with Gasteiger partial charge in [0.25, 0.3) is 3.79 Å². The van der Waals surface area contributed by atoms with E-state index < -0.39 is 3.79 Å². The van der Waals surface area contributed by atoms with E-state index in [-0.39, 0.29) is 5.82 Å². The fraction of sp³-hybridized carbons (Fsp3) is 0.750. The van der Waals surface area contributed by atoms with Crippen molar-refractivity contribution in [1.29, 1.82) is 0 Å². The van der Waals surface area contributed by atoms with Crippen LogP contribution in [0.5, 0.6) is 0 Å². The molecule has 0 saturated carbocycles. The van der Waals surface area contributed by atoms with E-state index in [9.17, 15) is 0 Å². The number of rotatable bonds is 1. The molecule has 0 fully saturated rings. The van der Waals surface area contributed by atoms with Crippen LogP contribution < -0.4 is 0 Å². The number of tetrazole rings is 1. The lowest BCUT2D eigenvalue weighted by Gasteiger charge is -2.01. The molecule has 62 valence electrons. The third kappa shape index (κ3) is 2.18. The fourth-order valence-corrected chi connectivity index (χ4v) is 0.717. The van der Waals surface area contributed by atoms with Gasteiger partial charge in [0.1, 0.15) is 0 Å². The van der Waals surface area contributed by atoms with Crippen LogP contribution in [-0.2, 0) is 10.3 Å². The first-order valence-corrected chi connectivity index (χ1v) is 4.02. The van der Waals surface area contributed by atoms with Gasteiger partial charge < -0.3 is 0 Å². The van der Waals surface area contributed by atoms with Crippen molar-refractivity contribution in [2.24, 2.45) is 0 Å². The van der Waals surface area contributed by atoms with Gasteiger partial charge in [-0.25, -0.2) is 0 Å². The molecule has 1 heterocycles. The molecule has 0 atom stereocenters. The summed E-state index contributed by atoms with van der Waals surface area (Å²) in [4.78, 5) is 1.34. The zero-order chi connectivity index (χ0) is 8.48. The molecule has 0 radical (unpaired) electrons. The van der Waals surface area contributed by atoms with Crippen LogP contribution in [0.15, 0.2) is 0 Å². The SMILES string of the molecule is CCn1nnc(C(Cl)(Cl)Cl)n1. The first kappa shape index (κ1) is 9.03. The molecule has 11 heavy (non-hydrogen) atoms.